The molecule has 142 valence electrons. The van der Waals surface area contributed by atoms with Crippen LogP contribution < -0.4 is 10.6 Å². The molecular formula is C21H25N3O3. The Kier molecular flexibility index (Phi) is 4.64. The van der Waals surface area contributed by atoms with Crippen LogP contribution in [0.2, 0.25) is 0 Å². The first kappa shape index (κ1) is 17.6. The van der Waals surface area contributed by atoms with Gasteiger partial charge in [0.15, 0.2) is 0 Å². The molecule has 27 heavy (non-hydrogen) atoms. The Morgan fingerprint density at radius 1 is 1.19 bits per heavy atom. The highest BCUT2D eigenvalue weighted by molar-refractivity contribution is 5.95. The molecule has 2 N–H and O–H groups in total. The van der Waals surface area contributed by atoms with Gasteiger partial charge in [-0.15, -0.1) is 0 Å². The Morgan fingerprint density at radius 2 is 1.93 bits per heavy atom. The summed E-state index contributed by atoms with van der Waals surface area (Å²) in [5.41, 5.74) is 8.54. The molecule has 3 heterocycles. The minimum absolute atomic E-state index is 0.0261. The van der Waals surface area contributed by atoms with Crippen LogP contribution in [0.3, 0.4) is 0 Å². The summed E-state index contributed by atoms with van der Waals surface area (Å²) >= 11 is 0. The van der Waals surface area contributed by atoms with Gasteiger partial charge in [-0.1, -0.05) is 18.2 Å². The SMILES string of the molecule is CC1Cc2ccccc2N1Cc1occc1C(=O)N1CCC(C(N)=O)CC1. The molecule has 4 rings (SSSR count). The van der Waals surface area contributed by atoms with Crippen LogP contribution in [0.5, 0.6) is 0 Å². The number of furan rings is 1. The fourth-order valence-electron chi connectivity index (χ4n) is 4.22. The summed E-state index contributed by atoms with van der Waals surface area (Å²) in [5.74, 6) is 0.273. The van der Waals surface area contributed by atoms with E-state index in [2.05, 4.69) is 30.0 Å². The van der Waals surface area contributed by atoms with E-state index in [1.165, 1.54) is 11.3 Å². The molecule has 6 heteroatoms. The number of hydrogen-bond donors (Lipinski definition) is 1. The van der Waals surface area contributed by atoms with Gasteiger partial charge in [0.25, 0.3) is 5.91 Å². The van der Waals surface area contributed by atoms with E-state index >= 15 is 0 Å². The third-order valence-corrected chi connectivity index (χ3v) is 5.82. The Balaban J connectivity index is 1.49. The lowest BCUT2D eigenvalue weighted by Crippen LogP contribution is -2.42. The summed E-state index contributed by atoms with van der Waals surface area (Å²) < 4.78 is 5.70. The van der Waals surface area contributed by atoms with Crippen molar-refractivity contribution in [2.24, 2.45) is 11.7 Å². The zero-order valence-electron chi connectivity index (χ0n) is 15.6. The van der Waals surface area contributed by atoms with E-state index in [4.69, 9.17) is 10.2 Å². The first-order chi connectivity index (χ1) is 13.0. The van der Waals surface area contributed by atoms with Gasteiger partial charge >= 0.3 is 0 Å². The number of primary amides is 1. The summed E-state index contributed by atoms with van der Waals surface area (Å²) in [6, 6.07) is 10.5. The van der Waals surface area contributed by atoms with Crippen LogP contribution in [0.25, 0.3) is 0 Å². The number of likely N-dealkylation sites (tertiary alicyclic amines) is 1. The van der Waals surface area contributed by atoms with Crippen LogP contribution in [0.1, 0.15) is 41.4 Å². The normalized spacial score (nSPS) is 20.0. The monoisotopic (exact) mass is 367 g/mol. The Bertz CT molecular complexity index is 852. The Labute approximate surface area is 158 Å². The van der Waals surface area contributed by atoms with Crippen molar-refractivity contribution in [2.45, 2.75) is 38.8 Å². The van der Waals surface area contributed by atoms with Gasteiger partial charge in [-0.2, -0.15) is 0 Å². The molecule has 1 aromatic heterocycles. The minimum atomic E-state index is -0.271. The lowest BCUT2D eigenvalue weighted by Gasteiger charge is -2.31. The van der Waals surface area contributed by atoms with Gasteiger partial charge < -0.3 is 20.0 Å². The van der Waals surface area contributed by atoms with Crippen molar-refractivity contribution in [3.05, 3.63) is 53.5 Å². The zero-order valence-corrected chi connectivity index (χ0v) is 15.6. The van der Waals surface area contributed by atoms with Crippen LogP contribution in [0.15, 0.2) is 41.0 Å². The molecule has 1 aromatic carbocycles. The third-order valence-electron chi connectivity index (χ3n) is 5.82. The number of benzene rings is 1. The summed E-state index contributed by atoms with van der Waals surface area (Å²) in [7, 11) is 0. The molecule has 2 aliphatic rings. The van der Waals surface area contributed by atoms with Crippen molar-refractivity contribution < 1.29 is 14.0 Å². The van der Waals surface area contributed by atoms with Gasteiger partial charge in [-0.25, -0.2) is 0 Å². The minimum Gasteiger partial charge on any atom is -0.467 e. The summed E-state index contributed by atoms with van der Waals surface area (Å²) in [5, 5.41) is 0. The van der Waals surface area contributed by atoms with Crippen molar-refractivity contribution in [2.75, 3.05) is 18.0 Å². The van der Waals surface area contributed by atoms with Gasteiger partial charge in [0.1, 0.15) is 5.76 Å². The highest BCUT2D eigenvalue weighted by Crippen LogP contribution is 2.34. The number of para-hydroxylation sites is 1. The van der Waals surface area contributed by atoms with E-state index in [0.29, 0.717) is 49.8 Å². The van der Waals surface area contributed by atoms with Gasteiger partial charge in [0, 0.05) is 30.7 Å². The van der Waals surface area contributed by atoms with Crippen LogP contribution in [-0.2, 0) is 17.8 Å². The van der Waals surface area contributed by atoms with Crippen LogP contribution >= 0.6 is 0 Å². The largest absolute Gasteiger partial charge is 0.467 e. The van der Waals surface area contributed by atoms with E-state index in [9.17, 15) is 9.59 Å². The van der Waals surface area contributed by atoms with E-state index in [0.717, 1.165) is 6.42 Å². The van der Waals surface area contributed by atoms with E-state index in [-0.39, 0.29) is 17.7 Å². The first-order valence-electron chi connectivity index (χ1n) is 9.54. The number of carbonyl (C=O) groups is 2. The van der Waals surface area contributed by atoms with Gasteiger partial charge in [0.05, 0.1) is 18.4 Å². The molecule has 0 aliphatic carbocycles. The molecule has 2 amide bonds. The van der Waals surface area contributed by atoms with Gasteiger partial charge in [0.2, 0.25) is 5.91 Å². The number of rotatable bonds is 4. The number of carbonyl (C=O) groups excluding carboxylic acids is 2. The number of piperidine rings is 1. The molecule has 1 unspecified atom stereocenters. The van der Waals surface area contributed by atoms with Crippen molar-refractivity contribution in [3.63, 3.8) is 0 Å². The predicted molar refractivity (Wildman–Crippen MR) is 102 cm³/mol. The maximum atomic E-state index is 13.0. The molecule has 6 nitrogen and oxygen atoms in total. The van der Waals surface area contributed by atoms with Crippen LogP contribution in [-0.4, -0.2) is 35.8 Å². The number of amides is 2. The lowest BCUT2D eigenvalue weighted by atomic mass is 9.96. The molecule has 0 bridgehead atoms. The smallest absolute Gasteiger partial charge is 0.257 e. The van der Waals surface area contributed by atoms with Crippen molar-refractivity contribution in [3.8, 4) is 0 Å². The maximum absolute atomic E-state index is 13.0. The number of nitrogens with two attached hydrogens (primary N) is 1. The molecule has 0 spiro atoms. The van der Waals surface area contributed by atoms with E-state index in [1.54, 1.807) is 17.2 Å². The zero-order chi connectivity index (χ0) is 19.0. The number of anilines is 1. The average molecular weight is 367 g/mol. The molecular weight excluding hydrogens is 342 g/mol. The highest BCUT2D eigenvalue weighted by Gasteiger charge is 2.31. The summed E-state index contributed by atoms with van der Waals surface area (Å²) in [6.45, 7) is 3.88. The molecule has 0 saturated carbocycles. The highest BCUT2D eigenvalue weighted by atomic mass is 16.3. The molecule has 2 aliphatic heterocycles. The first-order valence-corrected chi connectivity index (χ1v) is 9.54. The van der Waals surface area contributed by atoms with E-state index in [1.807, 2.05) is 6.07 Å². The van der Waals surface area contributed by atoms with Gasteiger partial charge in [-0.3, -0.25) is 9.59 Å². The van der Waals surface area contributed by atoms with Crippen molar-refractivity contribution >= 4 is 17.5 Å². The second-order valence-electron chi connectivity index (χ2n) is 7.54. The fraction of sp³-hybridized carbons (Fsp3) is 0.429. The molecule has 2 aromatic rings. The maximum Gasteiger partial charge on any atom is 0.257 e. The fourth-order valence-corrected chi connectivity index (χ4v) is 4.22. The second-order valence-corrected chi connectivity index (χ2v) is 7.54. The molecule has 1 saturated heterocycles. The molecule has 1 atom stereocenters. The third kappa shape index (κ3) is 3.31. The summed E-state index contributed by atoms with van der Waals surface area (Å²) in [6.07, 6.45) is 3.85. The van der Waals surface area contributed by atoms with Crippen molar-refractivity contribution in [1.29, 1.82) is 0 Å². The van der Waals surface area contributed by atoms with Crippen molar-refractivity contribution in [1.82, 2.24) is 4.90 Å². The second kappa shape index (κ2) is 7.10. The topological polar surface area (TPSA) is 79.8 Å². The number of fused-ring (bicyclic) bond motifs is 1. The Morgan fingerprint density at radius 3 is 2.67 bits per heavy atom. The standard InChI is InChI=1S/C21H25N3O3/c1-14-12-16-4-2-3-5-18(16)24(14)13-19-17(8-11-27-19)21(26)23-9-6-15(7-10-23)20(22)25/h2-5,8,11,14-15H,6-7,9-10,12-13H2,1H3,(H2,22,25). The number of hydrogen-bond acceptors (Lipinski definition) is 4. The lowest BCUT2D eigenvalue weighted by molar-refractivity contribution is -0.123. The molecule has 0 radical (unpaired) electrons. The molecule has 1 fully saturated rings. The summed E-state index contributed by atoms with van der Waals surface area (Å²) in [4.78, 5) is 28.4. The quantitative estimate of drug-likeness (QED) is 0.901. The predicted octanol–water partition coefficient (Wildman–Crippen LogP) is 2.57. The average Bonchev–Trinajstić information content (AvgIpc) is 3.26. The van der Waals surface area contributed by atoms with Gasteiger partial charge in [-0.05, 0) is 43.9 Å². The van der Waals surface area contributed by atoms with Crippen LogP contribution in [0, 0.1) is 5.92 Å². The Hall–Kier alpha value is -2.76. The van der Waals surface area contributed by atoms with Crippen LogP contribution in [0.4, 0.5) is 5.69 Å². The van der Waals surface area contributed by atoms with E-state index < -0.39 is 0 Å². The number of nitrogens with zero attached hydrogens (tertiary/aromatic N) is 2.